The third-order valence-electron chi connectivity index (χ3n) is 7.26. The van der Waals surface area contributed by atoms with Crippen LogP contribution in [-0.2, 0) is 0 Å². The van der Waals surface area contributed by atoms with Gasteiger partial charge in [-0.2, -0.15) is 4.39 Å². The maximum atomic E-state index is 15.4. The molecule has 1 heterocycles. The summed E-state index contributed by atoms with van der Waals surface area (Å²) in [5, 5.41) is 1.25. The highest BCUT2D eigenvalue weighted by atomic mass is 19.1. The van der Waals surface area contributed by atoms with Gasteiger partial charge >= 0.3 is 0 Å². The first-order valence-corrected chi connectivity index (χ1v) is 11.7. The minimum atomic E-state index is -0.517. The Labute approximate surface area is 176 Å². The summed E-state index contributed by atoms with van der Waals surface area (Å²) in [6, 6.07) is 7.24. The van der Waals surface area contributed by atoms with Crippen molar-refractivity contribution in [1.29, 1.82) is 0 Å². The van der Waals surface area contributed by atoms with E-state index in [-0.39, 0.29) is 34.8 Å². The first-order chi connectivity index (χ1) is 14.7. The van der Waals surface area contributed by atoms with Crippen molar-refractivity contribution in [3.63, 3.8) is 0 Å². The molecule has 0 spiro atoms. The molecule has 2 aromatic carbocycles. The molecule has 0 N–H and O–H groups in total. The lowest BCUT2D eigenvalue weighted by molar-refractivity contribution is 0.201. The molecule has 30 heavy (non-hydrogen) atoms. The molecule has 2 fully saturated rings. The van der Waals surface area contributed by atoms with Crippen LogP contribution in [0.2, 0.25) is 0 Å². The maximum Gasteiger partial charge on any atom is 0.208 e. The van der Waals surface area contributed by atoms with E-state index >= 15 is 8.78 Å². The molecule has 4 heteroatoms. The zero-order chi connectivity index (χ0) is 20.7. The van der Waals surface area contributed by atoms with Crippen LogP contribution in [0.4, 0.5) is 8.78 Å². The molecule has 2 aliphatic carbocycles. The third-order valence-corrected chi connectivity index (χ3v) is 7.26. The molecule has 0 atom stereocenters. The standard InChI is InChI=1S/C26H30F2O2/c1-2-5-16-8-10-17(11-9-16)19-12-13-20-21-14-15-22(29-18-6-3-4-7-18)24(28)26(21)30-25(20)23(19)27/h12-18H,2-11H2,1H3. The fraction of sp³-hybridized carbons (Fsp3) is 0.538. The fourth-order valence-electron chi connectivity index (χ4n) is 5.60. The number of fused-ring (bicyclic) bond motifs is 3. The quantitative estimate of drug-likeness (QED) is 0.421. The summed E-state index contributed by atoms with van der Waals surface area (Å²) in [5.74, 6) is 0.374. The Morgan fingerprint density at radius 1 is 0.867 bits per heavy atom. The van der Waals surface area contributed by atoms with Gasteiger partial charge in [-0.15, -0.1) is 0 Å². The summed E-state index contributed by atoms with van der Waals surface area (Å²) in [4.78, 5) is 0. The van der Waals surface area contributed by atoms with Gasteiger partial charge in [-0.05, 0) is 87.0 Å². The van der Waals surface area contributed by atoms with Crippen LogP contribution in [0.1, 0.15) is 82.6 Å². The minimum Gasteiger partial charge on any atom is -0.487 e. The van der Waals surface area contributed by atoms with E-state index in [4.69, 9.17) is 9.15 Å². The van der Waals surface area contributed by atoms with Crippen LogP contribution in [-0.4, -0.2) is 6.10 Å². The second kappa shape index (κ2) is 8.20. The van der Waals surface area contributed by atoms with Crippen LogP contribution < -0.4 is 4.74 Å². The smallest absolute Gasteiger partial charge is 0.208 e. The monoisotopic (exact) mass is 412 g/mol. The van der Waals surface area contributed by atoms with E-state index in [2.05, 4.69) is 6.92 Å². The second-order valence-corrected chi connectivity index (χ2v) is 9.23. The van der Waals surface area contributed by atoms with Crippen molar-refractivity contribution in [2.45, 2.75) is 83.2 Å². The second-order valence-electron chi connectivity index (χ2n) is 9.23. The zero-order valence-corrected chi connectivity index (χ0v) is 17.7. The summed E-state index contributed by atoms with van der Waals surface area (Å²) in [6.07, 6.45) is 11.0. The average Bonchev–Trinajstić information content (AvgIpc) is 3.40. The van der Waals surface area contributed by atoms with E-state index in [1.165, 1.54) is 12.8 Å². The van der Waals surface area contributed by atoms with Gasteiger partial charge in [-0.25, -0.2) is 4.39 Å². The van der Waals surface area contributed by atoms with Crippen LogP contribution >= 0.6 is 0 Å². The third kappa shape index (κ3) is 3.48. The van der Waals surface area contributed by atoms with Crippen molar-refractivity contribution in [2.24, 2.45) is 5.92 Å². The van der Waals surface area contributed by atoms with Crippen molar-refractivity contribution in [1.82, 2.24) is 0 Å². The van der Waals surface area contributed by atoms with Gasteiger partial charge in [0.05, 0.1) is 6.10 Å². The normalized spacial score (nSPS) is 22.9. The Morgan fingerprint density at radius 2 is 1.53 bits per heavy atom. The van der Waals surface area contributed by atoms with E-state index in [9.17, 15) is 0 Å². The van der Waals surface area contributed by atoms with Gasteiger partial charge < -0.3 is 9.15 Å². The van der Waals surface area contributed by atoms with Gasteiger partial charge in [-0.1, -0.05) is 25.8 Å². The fourth-order valence-corrected chi connectivity index (χ4v) is 5.60. The highest BCUT2D eigenvalue weighted by molar-refractivity contribution is 6.05. The summed E-state index contributed by atoms with van der Waals surface area (Å²) in [5.41, 5.74) is 0.998. The zero-order valence-electron chi connectivity index (χ0n) is 17.7. The summed E-state index contributed by atoms with van der Waals surface area (Å²) in [6.45, 7) is 2.23. The first-order valence-electron chi connectivity index (χ1n) is 11.7. The number of benzene rings is 2. The van der Waals surface area contributed by atoms with Crippen LogP contribution in [0.15, 0.2) is 28.7 Å². The predicted octanol–water partition coefficient (Wildman–Crippen LogP) is 8.26. The van der Waals surface area contributed by atoms with E-state index in [0.29, 0.717) is 10.8 Å². The van der Waals surface area contributed by atoms with Crippen molar-refractivity contribution in [3.8, 4) is 5.75 Å². The first kappa shape index (κ1) is 19.8. The van der Waals surface area contributed by atoms with Gasteiger partial charge in [0.15, 0.2) is 22.7 Å². The summed E-state index contributed by atoms with van der Waals surface area (Å²) < 4.78 is 42.2. The van der Waals surface area contributed by atoms with Crippen molar-refractivity contribution in [2.75, 3.05) is 0 Å². The van der Waals surface area contributed by atoms with E-state index in [0.717, 1.165) is 62.8 Å². The Balaban J connectivity index is 1.47. The van der Waals surface area contributed by atoms with E-state index < -0.39 is 5.82 Å². The average molecular weight is 413 g/mol. The van der Waals surface area contributed by atoms with Crippen molar-refractivity contribution in [3.05, 3.63) is 41.5 Å². The maximum absolute atomic E-state index is 15.4. The van der Waals surface area contributed by atoms with Gasteiger partial charge in [0.2, 0.25) is 5.82 Å². The van der Waals surface area contributed by atoms with Crippen LogP contribution in [0.25, 0.3) is 21.9 Å². The molecule has 0 amide bonds. The molecule has 0 unspecified atom stereocenters. The van der Waals surface area contributed by atoms with E-state index in [1.54, 1.807) is 12.1 Å². The molecule has 5 rings (SSSR count). The Kier molecular flexibility index (Phi) is 5.43. The summed E-state index contributed by atoms with van der Waals surface area (Å²) in [7, 11) is 0. The Hall–Kier alpha value is -2.10. The molecule has 160 valence electrons. The Morgan fingerprint density at radius 3 is 2.23 bits per heavy atom. The minimum absolute atomic E-state index is 0.0625. The molecule has 1 aromatic heterocycles. The largest absolute Gasteiger partial charge is 0.487 e. The molecule has 0 aliphatic heterocycles. The molecule has 2 nitrogen and oxygen atoms in total. The van der Waals surface area contributed by atoms with Crippen LogP contribution in [0, 0.1) is 17.6 Å². The van der Waals surface area contributed by atoms with Gasteiger partial charge in [-0.3, -0.25) is 0 Å². The topological polar surface area (TPSA) is 22.4 Å². The van der Waals surface area contributed by atoms with Crippen LogP contribution in [0.3, 0.4) is 0 Å². The lowest BCUT2D eigenvalue weighted by Crippen LogP contribution is -2.14. The number of rotatable bonds is 5. The molecule has 3 aromatic rings. The number of hydrogen-bond acceptors (Lipinski definition) is 2. The Bertz CT molecular complexity index is 1040. The lowest BCUT2D eigenvalue weighted by atomic mass is 9.77. The number of ether oxygens (including phenoxy) is 1. The van der Waals surface area contributed by atoms with Crippen molar-refractivity contribution >= 4 is 21.9 Å². The molecule has 2 saturated carbocycles. The molecular formula is C26H30F2O2. The van der Waals surface area contributed by atoms with Gasteiger partial charge in [0.1, 0.15) is 0 Å². The highest BCUT2D eigenvalue weighted by Gasteiger charge is 2.27. The SMILES string of the molecule is CCCC1CCC(c2ccc3c(oc4c(F)c(OC5CCCC5)ccc43)c2F)CC1. The van der Waals surface area contributed by atoms with E-state index in [1.807, 2.05) is 12.1 Å². The number of furan rings is 1. The molecular weight excluding hydrogens is 382 g/mol. The summed E-state index contributed by atoms with van der Waals surface area (Å²) >= 11 is 0. The number of halogens is 2. The lowest BCUT2D eigenvalue weighted by Gasteiger charge is -2.28. The molecule has 2 aliphatic rings. The van der Waals surface area contributed by atoms with Gasteiger partial charge in [0, 0.05) is 10.8 Å². The molecule has 0 bridgehead atoms. The number of hydrogen-bond donors (Lipinski definition) is 0. The van der Waals surface area contributed by atoms with Crippen molar-refractivity contribution < 1.29 is 17.9 Å². The van der Waals surface area contributed by atoms with Crippen LogP contribution in [0.5, 0.6) is 5.75 Å². The molecule has 0 saturated heterocycles. The molecule has 0 radical (unpaired) electrons. The van der Waals surface area contributed by atoms with Gasteiger partial charge in [0.25, 0.3) is 0 Å². The highest BCUT2D eigenvalue weighted by Crippen LogP contribution is 2.42. The predicted molar refractivity (Wildman–Crippen MR) is 116 cm³/mol.